The van der Waals surface area contributed by atoms with Gasteiger partial charge in [-0.1, -0.05) is 6.92 Å². The Bertz CT molecular complexity index is 71.7. The number of nitrogens with two attached hydrogens (primary N) is 1. The van der Waals surface area contributed by atoms with Crippen molar-refractivity contribution in [3.05, 3.63) is 11.9 Å². The van der Waals surface area contributed by atoms with Crippen molar-refractivity contribution in [1.82, 2.24) is 10.7 Å². The summed E-state index contributed by atoms with van der Waals surface area (Å²) in [5.74, 6) is 5.11. The van der Waals surface area contributed by atoms with Gasteiger partial charge >= 0.3 is 0 Å². The van der Waals surface area contributed by atoms with Crippen LogP contribution in [0.1, 0.15) is 13.3 Å². The minimum absolute atomic E-state index is 0.928. The SMILES string of the molecule is CC/C(=C/NC)NN. The molecule has 0 saturated carbocycles. The van der Waals surface area contributed by atoms with Crippen molar-refractivity contribution in [2.75, 3.05) is 7.05 Å². The van der Waals surface area contributed by atoms with Crippen LogP contribution in [0.2, 0.25) is 0 Å². The van der Waals surface area contributed by atoms with Crippen LogP contribution in [0.5, 0.6) is 0 Å². The molecule has 0 aromatic carbocycles. The molecule has 0 unspecified atom stereocenters. The fraction of sp³-hybridized carbons (Fsp3) is 0.600. The van der Waals surface area contributed by atoms with Gasteiger partial charge in [0, 0.05) is 18.9 Å². The van der Waals surface area contributed by atoms with Gasteiger partial charge < -0.3 is 10.7 Å². The van der Waals surface area contributed by atoms with E-state index in [0.717, 1.165) is 12.1 Å². The molecule has 0 aromatic rings. The van der Waals surface area contributed by atoms with Crippen LogP contribution in [-0.2, 0) is 0 Å². The lowest BCUT2D eigenvalue weighted by Gasteiger charge is -2.00. The number of nitrogens with one attached hydrogen (secondary N) is 2. The van der Waals surface area contributed by atoms with Gasteiger partial charge in [-0.05, 0) is 6.42 Å². The maximum absolute atomic E-state index is 5.11. The molecule has 8 heavy (non-hydrogen) atoms. The van der Waals surface area contributed by atoms with E-state index in [2.05, 4.69) is 10.7 Å². The van der Waals surface area contributed by atoms with Crippen LogP contribution in [0.4, 0.5) is 0 Å². The third kappa shape index (κ3) is 2.47. The summed E-state index contributed by atoms with van der Waals surface area (Å²) in [6, 6.07) is 0. The molecule has 0 aliphatic carbocycles. The van der Waals surface area contributed by atoms with Crippen molar-refractivity contribution < 1.29 is 0 Å². The van der Waals surface area contributed by atoms with Crippen molar-refractivity contribution >= 4 is 0 Å². The molecule has 0 atom stereocenters. The fourth-order valence-electron chi connectivity index (χ4n) is 0.420. The van der Waals surface area contributed by atoms with Gasteiger partial charge in [0.15, 0.2) is 0 Å². The van der Waals surface area contributed by atoms with Crippen molar-refractivity contribution in [2.24, 2.45) is 5.84 Å². The normalized spacial score (nSPS) is 11.1. The molecule has 0 spiro atoms. The van der Waals surface area contributed by atoms with E-state index < -0.39 is 0 Å². The molecule has 48 valence electrons. The van der Waals surface area contributed by atoms with Crippen LogP contribution in [0, 0.1) is 0 Å². The van der Waals surface area contributed by atoms with E-state index in [1.54, 1.807) is 0 Å². The summed E-state index contributed by atoms with van der Waals surface area (Å²) >= 11 is 0. The second-order valence-electron chi connectivity index (χ2n) is 1.46. The lowest BCUT2D eigenvalue weighted by atomic mass is 10.4. The summed E-state index contributed by atoms with van der Waals surface area (Å²) < 4.78 is 0. The van der Waals surface area contributed by atoms with Crippen molar-refractivity contribution in [3.8, 4) is 0 Å². The zero-order valence-corrected chi connectivity index (χ0v) is 5.36. The van der Waals surface area contributed by atoms with Gasteiger partial charge in [-0.25, -0.2) is 0 Å². The Kier molecular flexibility index (Phi) is 4.07. The zero-order chi connectivity index (χ0) is 6.41. The second kappa shape index (κ2) is 4.46. The Balaban J connectivity index is 3.49. The highest BCUT2D eigenvalue weighted by atomic mass is 15.2. The van der Waals surface area contributed by atoms with E-state index >= 15 is 0 Å². The van der Waals surface area contributed by atoms with E-state index in [1.807, 2.05) is 20.2 Å². The first-order valence-corrected chi connectivity index (χ1v) is 2.68. The van der Waals surface area contributed by atoms with Crippen molar-refractivity contribution in [2.45, 2.75) is 13.3 Å². The number of hydrogen-bond acceptors (Lipinski definition) is 3. The number of allylic oxidation sites excluding steroid dienone is 1. The first-order chi connectivity index (χ1) is 3.85. The third-order valence-corrected chi connectivity index (χ3v) is 0.885. The highest BCUT2D eigenvalue weighted by molar-refractivity contribution is 4.94. The molecule has 0 heterocycles. The van der Waals surface area contributed by atoms with Crippen molar-refractivity contribution in [1.29, 1.82) is 0 Å². The van der Waals surface area contributed by atoms with Crippen LogP contribution >= 0.6 is 0 Å². The van der Waals surface area contributed by atoms with E-state index in [9.17, 15) is 0 Å². The van der Waals surface area contributed by atoms with Gasteiger partial charge in [0.25, 0.3) is 0 Å². The topological polar surface area (TPSA) is 50.1 Å². The van der Waals surface area contributed by atoms with Gasteiger partial charge in [0.05, 0.1) is 0 Å². The Morgan fingerprint density at radius 1 is 1.75 bits per heavy atom. The third-order valence-electron chi connectivity index (χ3n) is 0.885. The standard InChI is InChI=1S/C5H13N3/c1-3-5(8-6)4-7-2/h4,7-8H,3,6H2,1-2H3/b5-4-. The van der Waals surface area contributed by atoms with Gasteiger partial charge in [0.1, 0.15) is 0 Å². The summed E-state index contributed by atoms with van der Waals surface area (Å²) in [4.78, 5) is 0. The van der Waals surface area contributed by atoms with Gasteiger partial charge in [-0.15, -0.1) is 0 Å². The number of rotatable bonds is 3. The molecular weight excluding hydrogens is 102 g/mol. The maximum atomic E-state index is 5.11. The molecule has 3 heteroatoms. The van der Waals surface area contributed by atoms with E-state index in [-0.39, 0.29) is 0 Å². The minimum atomic E-state index is 0.928. The van der Waals surface area contributed by atoms with Crippen LogP contribution in [0.25, 0.3) is 0 Å². The molecule has 3 nitrogen and oxygen atoms in total. The minimum Gasteiger partial charge on any atom is -0.393 e. The average molecular weight is 115 g/mol. The smallest absolute Gasteiger partial charge is 0.0412 e. The molecule has 0 fully saturated rings. The summed E-state index contributed by atoms with van der Waals surface area (Å²) in [6.07, 6.45) is 2.76. The maximum Gasteiger partial charge on any atom is 0.0412 e. The molecular formula is C5H13N3. The Hall–Kier alpha value is -0.700. The van der Waals surface area contributed by atoms with E-state index in [1.165, 1.54) is 0 Å². The Labute approximate surface area is 49.9 Å². The lowest BCUT2D eigenvalue weighted by Crippen LogP contribution is -2.21. The average Bonchev–Trinajstić information content (AvgIpc) is 1.83. The second-order valence-corrected chi connectivity index (χ2v) is 1.46. The first kappa shape index (κ1) is 7.30. The highest BCUT2D eigenvalue weighted by Crippen LogP contribution is 1.88. The Morgan fingerprint density at radius 3 is 2.50 bits per heavy atom. The predicted octanol–water partition coefficient (Wildman–Crippen LogP) is -0.0795. The summed E-state index contributed by atoms with van der Waals surface area (Å²) in [7, 11) is 1.84. The van der Waals surface area contributed by atoms with Gasteiger partial charge in [-0.2, -0.15) is 0 Å². The molecule has 0 bridgehead atoms. The molecule has 0 amide bonds. The predicted molar refractivity (Wildman–Crippen MR) is 34.8 cm³/mol. The summed E-state index contributed by atoms with van der Waals surface area (Å²) in [6.45, 7) is 2.03. The number of hydrazine groups is 1. The molecule has 0 aliphatic rings. The largest absolute Gasteiger partial charge is 0.393 e. The molecule has 0 aliphatic heterocycles. The monoisotopic (exact) mass is 115 g/mol. The zero-order valence-electron chi connectivity index (χ0n) is 5.36. The fourth-order valence-corrected chi connectivity index (χ4v) is 0.420. The molecule has 0 rings (SSSR count). The van der Waals surface area contributed by atoms with Gasteiger partial charge in [0.2, 0.25) is 0 Å². The van der Waals surface area contributed by atoms with Gasteiger partial charge in [-0.3, -0.25) is 5.84 Å². The quantitative estimate of drug-likeness (QED) is 0.356. The van der Waals surface area contributed by atoms with Crippen LogP contribution in [0.15, 0.2) is 11.9 Å². The van der Waals surface area contributed by atoms with Crippen LogP contribution in [0.3, 0.4) is 0 Å². The molecule has 0 aromatic heterocycles. The molecule has 0 saturated heterocycles. The molecule has 4 N–H and O–H groups in total. The van der Waals surface area contributed by atoms with Crippen LogP contribution in [-0.4, -0.2) is 7.05 Å². The summed E-state index contributed by atoms with van der Waals surface area (Å²) in [5.41, 5.74) is 3.56. The van der Waals surface area contributed by atoms with E-state index in [0.29, 0.717) is 0 Å². The van der Waals surface area contributed by atoms with Crippen molar-refractivity contribution in [3.63, 3.8) is 0 Å². The first-order valence-electron chi connectivity index (χ1n) is 2.68. The number of hydrogen-bond donors (Lipinski definition) is 3. The summed E-state index contributed by atoms with van der Waals surface area (Å²) in [5, 5.41) is 2.87. The Morgan fingerprint density at radius 2 is 2.38 bits per heavy atom. The highest BCUT2D eigenvalue weighted by Gasteiger charge is 1.83. The molecule has 0 radical (unpaired) electrons. The lowest BCUT2D eigenvalue weighted by molar-refractivity contribution is 0.808. The van der Waals surface area contributed by atoms with Crippen LogP contribution < -0.4 is 16.6 Å². The van der Waals surface area contributed by atoms with E-state index in [4.69, 9.17) is 5.84 Å².